The molecule has 17 heavy (non-hydrogen) atoms. The summed E-state index contributed by atoms with van der Waals surface area (Å²) < 4.78 is 14.0. The molecular weight excluding hydrogens is 230 g/mol. The number of methoxy groups -OCH3 is 2. The molecule has 0 aromatic carbocycles. The highest BCUT2D eigenvalue weighted by Crippen LogP contribution is 2.14. The van der Waals surface area contributed by atoms with Crippen molar-refractivity contribution < 1.29 is 28.6 Å². The summed E-state index contributed by atoms with van der Waals surface area (Å²) in [5.74, 6) is -1.68. The normalized spacial score (nSPS) is 10.1. The van der Waals surface area contributed by atoms with Crippen molar-refractivity contribution in [3.05, 3.63) is 17.3 Å². The fourth-order valence-electron chi connectivity index (χ4n) is 1.17. The summed E-state index contributed by atoms with van der Waals surface area (Å²) in [7, 11) is 2.34. The molecule has 0 aliphatic heterocycles. The lowest BCUT2D eigenvalue weighted by molar-refractivity contribution is 0.0525. The average Bonchev–Trinajstić information content (AvgIpc) is 2.78. The molecular formula is C10H13NO6. The van der Waals surface area contributed by atoms with Gasteiger partial charge in [0.15, 0.2) is 5.89 Å². The van der Waals surface area contributed by atoms with Crippen LogP contribution in [-0.4, -0.2) is 42.9 Å². The number of ether oxygens (including phenoxy) is 2. The maximum absolute atomic E-state index is 11.3. The van der Waals surface area contributed by atoms with Gasteiger partial charge in [0, 0.05) is 13.0 Å². The minimum atomic E-state index is -0.798. The molecule has 0 aliphatic carbocycles. The molecule has 1 aromatic heterocycles. The van der Waals surface area contributed by atoms with Crippen LogP contribution in [0.3, 0.4) is 0 Å². The highest BCUT2D eigenvalue weighted by molar-refractivity contribution is 5.99. The fourth-order valence-corrected chi connectivity index (χ4v) is 1.17. The van der Waals surface area contributed by atoms with Crippen molar-refractivity contribution >= 4 is 11.9 Å². The smallest absolute Gasteiger partial charge is 0.376 e. The molecule has 0 unspecified atom stereocenters. The molecule has 1 aromatic rings. The summed E-state index contributed by atoms with van der Waals surface area (Å²) in [4.78, 5) is 26.5. The number of hydrogen-bond acceptors (Lipinski definition) is 7. The Hall–Kier alpha value is -1.89. The van der Waals surface area contributed by atoms with Crippen LogP contribution < -0.4 is 0 Å². The summed E-state index contributed by atoms with van der Waals surface area (Å²) >= 11 is 0. The van der Waals surface area contributed by atoms with E-state index in [9.17, 15) is 9.59 Å². The number of nitrogens with zero attached hydrogens (tertiary/aromatic N) is 1. The Morgan fingerprint density at radius 1 is 1.29 bits per heavy atom. The molecule has 0 spiro atoms. The van der Waals surface area contributed by atoms with Gasteiger partial charge in [-0.25, -0.2) is 14.6 Å². The SMILES string of the molecule is COC(=O)c1nc(CCCO)oc1C(=O)OC. The Balaban J connectivity index is 3.03. The molecule has 94 valence electrons. The van der Waals surface area contributed by atoms with Gasteiger partial charge in [0.25, 0.3) is 0 Å². The molecule has 0 amide bonds. The first kappa shape index (κ1) is 13.2. The number of aliphatic hydroxyl groups excluding tert-OH is 1. The Kier molecular flexibility index (Phi) is 4.65. The summed E-state index contributed by atoms with van der Waals surface area (Å²) in [6.07, 6.45) is 0.735. The number of aromatic nitrogens is 1. The third kappa shape index (κ3) is 3.04. The first-order chi connectivity index (χ1) is 8.13. The van der Waals surface area contributed by atoms with E-state index in [0.717, 1.165) is 0 Å². The molecule has 0 saturated heterocycles. The van der Waals surface area contributed by atoms with E-state index in [2.05, 4.69) is 14.5 Å². The van der Waals surface area contributed by atoms with E-state index in [1.54, 1.807) is 0 Å². The van der Waals surface area contributed by atoms with E-state index in [1.807, 2.05) is 0 Å². The molecule has 7 nitrogen and oxygen atoms in total. The summed E-state index contributed by atoms with van der Waals surface area (Å²) in [5, 5.41) is 8.66. The second-order valence-corrected chi connectivity index (χ2v) is 3.10. The minimum absolute atomic E-state index is 0.0382. The van der Waals surface area contributed by atoms with Crippen molar-refractivity contribution in [2.45, 2.75) is 12.8 Å². The van der Waals surface area contributed by atoms with E-state index in [1.165, 1.54) is 14.2 Å². The Morgan fingerprint density at radius 3 is 2.47 bits per heavy atom. The predicted molar refractivity (Wildman–Crippen MR) is 54.6 cm³/mol. The quantitative estimate of drug-likeness (QED) is 0.736. The third-order valence-corrected chi connectivity index (χ3v) is 1.97. The van der Waals surface area contributed by atoms with Gasteiger partial charge in [-0.1, -0.05) is 0 Å². The van der Waals surface area contributed by atoms with Crippen LogP contribution in [0.5, 0.6) is 0 Å². The summed E-state index contributed by atoms with van der Waals surface area (Å²) in [6, 6.07) is 0. The van der Waals surface area contributed by atoms with Crippen LogP contribution in [0.25, 0.3) is 0 Å². The largest absolute Gasteiger partial charge is 0.464 e. The van der Waals surface area contributed by atoms with Gasteiger partial charge in [0.1, 0.15) is 0 Å². The average molecular weight is 243 g/mol. The maximum atomic E-state index is 11.3. The first-order valence-corrected chi connectivity index (χ1v) is 4.91. The molecule has 7 heteroatoms. The van der Waals surface area contributed by atoms with Crippen LogP contribution in [0.15, 0.2) is 4.42 Å². The highest BCUT2D eigenvalue weighted by Gasteiger charge is 2.26. The number of carbonyl (C=O) groups excluding carboxylic acids is 2. The number of hydrogen-bond donors (Lipinski definition) is 1. The summed E-state index contributed by atoms with van der Waals surface area (Å²) in [5.41, 5.74) is -0.215. The van der Waals surface area contributed by atoms with Gasteiger partial charge in [-0.15, -0.1) is 0 Å². The van der Waals surface area contributed by atoms with Gasteiger partial charge >= 0.3 is 11.9 Å². The molecule has 0 bridgehead atoms. The van der Waals surface area contributed by atoms with Gasteiger partial charge in [-0.05, 0) is 6.42 Å². The predicted octanol–water partition coefficient (Wildman–Crippen LogP) is 0.173. The van der Waals surface area contributed by atoms with Crippen molar-refractivity contribution in [2.75, 3.05) is 20.8 Å². The molecule has 0 saturated carbocycles. The Bertz CT molecular complexity index is 377. The number of aryl methyl sites for hydroxylation is 1. The van der Waals surface area contributed by atoms with E-state index >= 15 is 0 Å². The zero-order valence-corrected chi connectivity index (χ0v) is 9.56. The van der Waals surface area contributed by atoms with Crippen molar-refractivity contribution in [1.82, 2.24) is 4.98 Å². The maximum Gasteiger partial charge on any atom is 0.376 e. The molecule has 0 atom stereocenters. The lowest BCUT2D eigenvalue weighted by atomic mass is 10.3. The lowest BCUT2D eigenvalue weighted by Crippen LogP contribution is -2.10. The van der Waals surface area contributed by atoms with Crippen molar-refractivity contribution in [3.63, 3.8) is 0 Å². The number of aliphatic hydroxyl groups is 1. The molecule has 0 aliphatic rings. The molecule has 1 rings (SSSR count). The van der Waals surface area contributed by atoms with Crippen LogP contribution in [0.2, 0.25) is 0 Å². The van der Waals surface area contributed by atoms with E-state index in [0.29, 0.717) is 12.8 Å². The number of oxazole rings is 1. The zero-order valence-electron chi connectivity index (χ0n) is 9.56. The Morgan fingerprint density at radius 2 is 1.94 bits per heavy atom. The molecule has 0 fully saturated rings. The van der Waals surface area contributed by atoms with Gasteiger partial charge < -0.3 is 19.0 Å². The second kappa shape index (κ2) is 6.00. The Labute approximate surface area is 97.3 Å². The van der Waals surface area contributed by atoms with E-state index < -0.39 is 11.9 Å². The van der Waals surface area contributed by atoms with E-state index in [4.69, 9.17) is 9.52 Å². The monoisotopic (exact) mass is 243 g/mol. The number of carbonyl (C=O) groups is 2. The van der Waals surface area contributed by atoms with Crippen molar-refractivity contribution in [2.24, 2.45) is 0 Å². The van der Waals surface area contributed by atoms with E-state index in [-0.39, 0.29) is 24.0 Å². The summed E-state index contributed by atoms with van der Waals surface area (Å²) in [6.45, 7) is -0.0382. The van der Waals surface area contributed by atoms with Crippen LogP contribution in [-0.2, 0) is 15.9 Å². The third-order valence-electron chi connectivity index (χ3n) is 1.97. The van der Waals surface area contributed by atoms with Crippen molar-refractivity contribution in [1.29, 1.82) is 0 Å². The number of esters is 2. The van der Waals surface area contributed by atoms with Gasteiger partial charge in [-0.3, -0.25) is 0 Å². The standard InChI is InChI=1S/C10H13NO6/c1-15-9(13)7-8(10(14)16-2)17-6(11-7)4-3-5-12/h12H,3-5H2,1-2H3. The topological polar surface area (TPSA) is 98.9 Å². The molecule has 1 heterocycles. The van der Waals surface area contributed by atoms with Gasteiger partial charge in [0.2, 0.25) is 11.5 Å². The first-order valence-electron chi connectivity index (χ1n) is 4.91. The van der Waals surface area contributed by atoms with Crippen LogP contribution in [0, 0.1) is 0 Å². The highest BCUT2D eigenvalue weighted by atomic mass is 16.5. The van der Waals surface area contributed by atoms with Crippen LogP contribution in [0.1, 0.15) is 33.4 Å². The zero-order chi connectivity index (χ0) is 12.8. The van der Waals surface area contributed by atoms with Gasteiger partial charge in [-0.2, -0.15) is 0 Å². The lowest BCUT2D eigenvalue weighted by Gasteiger charge is -1.96. The number of rotatable bonds is 5. The van der Waals surface area contributed by atoms with Gasteiger partial charge in [0.05, 0.1) is 14.2 Å². The van der Waals surface area contributed by atoms with Crippen molar-refractivity contribution in [3.8, 4) is 0 Å². The molecule has 1 N–H and O–H groups in total. The van der Waals surface area contributed by atoms with Crippen LogP contribution in [0.4, 0.5) is 0 Å². The minimum Gasteiger partial charge on any atom is -0.464 e. The van der Waals surface area contributed by atoms with Crippen LogP contribution >= 0.6 is 0 Å². The second-order valence-electron chi connectivity index (χ2n) is 3.10. The molecule has 0 radical (unpaired) electrons. The fraction of sp³-hybridized carbons (Fsp3) is 0.500.